The van der Waals surface area contributed by atoms with Crippen molar-refractivity contribution in [2.24, 2.45) is 0 Å². The Morgan fingerprint density at radius 2 is 1.61 bits per heavy atom. The van der Waals surface area contributed by atoms with Gasteiger partial charge in [0.2, 0.25) is 0 Å². The van der Waals surface area contributed by atoms with E-state index >= 15 is 0 Å². The molecule has 0 fully saturated rings. The number of carbonyl (C=O) groups excluding carboxylic acids is 2. The standard InChI is InChI=1S/C28H31NO7/c1-19(30)36-25-16-22(12-15-24(25)35-18-21-8-6-5-7-9-21)27(31)26(28(32)34-4)29(2)17-20-10-13-23(33-3)14-11-20/h5-16,26-27,31H,17-18H2,1-4H3/t26-,27+/m0/s1. The Bertz CT molecular complexity index is 1150. The van der Waals surface area contributed by atoms with Crippen molar-refractivity contribution in [1.29, 1.82) is 0 Å². The molecule has 1 N–H and O–H groups in total. The van der Waals surface area contributed by atoms with Gasteiger partial charge in [0.1, 0.15) is 24.5 Å². The molecular weight excluding hydrogens is 462 g/mol. The van der Waals surface area contributed by atoms with Crippen molar-refractivity contribution < 1.29 is 33.6 Å². The van der Waals surface area contributed by atoms with Crippen LogP contribution in [-0.4, -0.2) is 49.3 Å². The Hall–Kier alpha value is -3.88. The van der Waals surface area contributed by atoms with Crippen LogP contribution >= 0.6 is 0 Å². The molecule has 0 aromatic heterocycles. The molecule has 36 heavy (non-hydrogen) atoms. The van der Waals surface area contributed by atoms with Gasteiger partial charge in [-0.3, -0.25) is 14.5 Å². The van der Waals surface area contributed by atoms with Crippen LogP contribution in [0.3, 0.4) is 0 Å². The third kappa shape index (κ3) is 7.07. The molecule has 0 heterocycles. The quantitative estimate of drug-likeness (QED) is 0.317. The molecule has 0 aliphatic rings. The number of esters is 2. The fraction of sp³-hybridized carbons (Fsp3) is 0.286. The summed E-state index contributed by atoms with van der Waals surface area (Å²) in [7, 11) is 4.58. The van der Waals surface area contributed by atoms with Crippen molar-refractivity contribution in [3.63, 3.8) is 0 Å². The summed E-state index contributed by atoms with van der Waals surface area (Å²) in [4.78, 5) is 26.1. The van der Waals surface area contributed by atoms with Gasteiger partial charge in [-0.2, -0.15) is 0 Å². The zero-order chi connectivity index (χ0) is 26.1. The van der Waals surface area contributed by atoms with E-state index < -0.39 is 24.1 Å². The van der Waals surface area contributed by atoms with Crippen LogP contribution in [0.1, 0.15) is 29.7 Å². The lowest BCUT2D eigenvalue weighted by Gasteiger charge is -2.30. The van der Waals surface area contributed by atoms with E-state index in [0.29, 0.717) is 17.9 Å². The molecule has 0 aliphatic carbocycles. The smallest absolute Gasteiger partial charge is 0.326 e. The predicted molar refractivity (Wildman–Crippen MR) is 134 cm³/mol. The van der Waals surface area contributed by atoms with Gasteiger partial charge < -0.3 is 24.1 Å². The number of rotatable bonds is 11. The summed E-state index contributed by atoms with van der Waals surface area (Å²) in [5.41, 5.74) is 2.24. The molecule has 8 heteroatoms. The summed E-state index contributed by atoms with van der Waals surface area (Å²) in [5, 5.41) is 11.2. The van der Waals surface area contributed by atoms with Gasteiger partial charge in [0.15, 0.2) is 11.5 Å². The molecule has 0 radical (unpaired) electrons. The summed E-state index contributed by atoms with van der Waals surface area (Å²) >= 11 is 0. The fourth-order valence-electron chi connectivity index (χ4n) is 3.77. The van der Waals surface area contributed by atoms with Gasteiger partial charge in [0, 0.05) is 13.5 Å². The molecule has 0 saturated carbocycles. The van der Waals surface area contributed by atoms with E-state index in [4.69, 9.17) is 18.9 Å². The number of aliphatic hydroxyl groups is 1. The van der Waals surface area contributed by atoms with Gasteiger partial charge in [-0.05, 0) is 48.0 Å². The van der Waals surface area contributed by atoms with Crippen LogP contribution in [0.5, 0.6) is 17.2 Å². The maximum Gasteiger partial charge on any atom is 0.326 e. The van der Waals surface area contributed by atoms with Gasteiger partial charge >= 0.3 is 11.9 Å². The highest BCUT2D eigenvalue weighted by atomic mass is 16.6. The van der Waals surface area contributed by atoms with Gasteiger partial charge in [0.05, 0.1) is 14.2 Å². The van der Waals surface area contributed by atoms with E-state index in [1.807, 2.05) is 54.6 Å². The Morgan fingerprint density at radius 1 is 0.917 bits per heavy atom. The Kier molecular flexibility index (Phi) is 9.44. The minimum Gasteiger partial charge on any atom is -0.497 e. The molecule has 2 atom stereocenters. The molecule has 0 saturated heterocycles. The number of methoxy groups -OCH3 is 2. The van der Waals surface area contributed by atoms with E-state index in [2.05, 4.69) is 0 Å². The van der Waals surface area contributed by atoms with Crippen molar-refractivity contribution in [3.8, 4) is 17.2 Å². The minimum absolute atomic E-state index is 0.149. The largest absolute Gasteiger partial charge is 0.497 e. The first-order chi connectivity index (χ1) is 17.3. The zero-order valence-electron chi connectivity index (χ0n) is 20.8. The molecule has 3 rings (SSSR count). The van der Waals surface area contributed by atoms with Crippen LogP contribution in [0.2, 0.25) is 0 Å². The SMILES string of the molecule is COC(=O)[C@H]([C@H](O)c1ccc(OCc2ccccc2)c(OC(C)=O)c1)N(C)Cc1ccc(OC)cc1. The van der Waals surface area contributed by atoms with E-state index in [1.165, 1.54) is 20.1 Å². The van der Waals surface area contributed by atoms with Crippen LogP contribution in [-0.2, 0) is 27.5 Å². The van der Waals surface area contributed by atoms with Crippen molar-refractivity contribution in [2.75, 3.05) is 21.3 Å². The lowest BCUT2D eigenvalue weighted by atomic mass is 10.00. The van der Waals surface area contributed by atoms with Crippen LogP contribution in [0, 0.1) is 0 Å². The molecule has 0 aliphatic heterocycles. The molecular formula is C28H31NO7. The Balaban J connectivity index is 1.84. The Morgan fingerprint density at radius 3 is 2.22 bits per heavy atom. The first-order valence-electron chi connectivity index (χ1n) is 11.4. The van der Waals surface area contributed by atoms with Gasteiger partial charge in [-0.1, -0.05) is 48.5 Å². The maximum atomic E-state index is 12.7. The number of hydrogen-bond acceptors (Lipinski definition) is 8. The normalized spacial score (nSPS) is 12.5. The number of likely N-dealkylation sites (N-methyl/N-ethyl adjacent to an activating group) is 1. The molecule has 3 aromatic carbocycles. The molecule has 0 amide bonds. The third-order valence-electron chi connectivity index (χ3n) is 5.61. The number of ether oxygens (including phenoxy) is 4. The molecule has 0 unspecified atom stereocenters. The number of benzene rings is 3. The molecule has 190 valence electrons. The highest BCUT2D eigenvalue weighted by molar-refractivity contribution is 5.77. The monoisotopic (exact) mass is 493 g/mol. The Labute approximate surface area is 211 Å². The number of carbonyl (C=O) groups is 2. The second kappa shape index (κ2) is 12.7. The summed E-state index contributed by atoms with van der Waals surface area (Å²) in [6.45, 7) is 1.92. The number of nitrogens with zero attached hydrogens (tertiary/aromatic N) is 1. The molecule has 3 aromatic rings. The lowest BCUT2D eigenvalue weighted by Crippen LogP contribution is -2.43. The second-order valence-corrected chi connectivity index (χ2v) is 8.25. The van der Waals surface area contributed by atoms with E-state index in [0.717, 1.165) is 16.9 Å². The van der Waals surface area contributed by atoms with Crippen LogP contribution in [0.15, 0.2) is 72.8 Å². The average molecular weight is 494 g/mol. The summed E-state index contributed by atoms with van der Waals surface area (Å²) in [6, 6.07) is 20.7. The average Bonchev–Trinajstić information content (AvgIpc) is 2.88. The minimum atomic E-state index is -1.27. The summed E-state index contributed by atoms with van der Waals surface area (Å²) < 4.78 is 21.4. The lowest BCUT2D eigenvalue weighted by molar-refractivity contribution is -0.151. The van der Waals surface area contributed by atoms with E-state index in [-0.39, 0.29) is 12.4 Å². The number of aliphatic hydroxyl groups excluding tert-OH is 1. The van der Waals surface area contributed by atoms with E-state index in [9.17, 15) is 14.7 Å². The topological polar surface area (TPSA) is 94.5 Å². The highest BCUT2D eigenvalue weighted by Gasteiger charge is 2.33. The first-order valence-corrected chi connectivity index (χ1v) is 11.4. The maximum absolute atomic E-state index is 12.7. The van der Waals surface area contributed by atoms with Crippen LogP contribution in [0.25, 0.3) is 0 Å². The van der Waals surface area contributed by atoms with Crippen LogP contribution in [0.4, 0.5) is 0 Å². The van der Waals surface area contributed by atoms with Gasteiger partial charge in [-0.15, -0.1) is 0 Å². The predicted octanol–water partition coefficient (Wildman–Crippen LogP) is 3.91. The summed E-state index contributed by atoms with van der Waals surface area (Å²) in [6.07, 6.45) is -1.27. The van der Waals surface area contributed by atoms with E-state index in [1.54, 1.807) is 31.2 Å². The second-order valence-electron chi connectivity index (χ2n) is 8.25. The van der Waals surface area contributed by atoms with Crippen molar-refractivity contribution in [2.45, 2.75) is 32.2 Å². The van der Waals surface area contributed by atoms with Crippen molar-refractivity contribution >= 4 is 11.9 Å². The first kappa shape index (κ1) is 26.7. The van der Waals surface area contributed by atoms with Crippen molar-refractivity contribution in [3.05, 3.63) is 89.5 Å². The third-order valence-corrected chi connectivity index (χ3v) is 5.61. The highest BCUT2D eigenvalue weighted by Crippen LogP contribution is 2.33. The number of hydrogen-bond donors (Lipinski definition) is 1. The molecule has 8 nitrogen and oxygen atoms in total. The summed E-state index contributed by atoms with van der Waals surface area (Å²) in [5.74, 6) is 0.0745. The molecule has 0 bridgehead atoms. The zero-order valence-corrected chi connectivity index (χ0v) is 20.8. The van der Waals surface area contributed by atoms with Gasteiger partial charge in [0.25, 0.3) is 0 Å². The van der Waals surface area contributed by atoms with Crippen molar-refractivity contribution in [1.82, 2.24) is 4.90 Å². The molecule has 0 spiro atoms. The van der Waals surface area contributed by atoms with Crippen LogP contribution < -0.4 is 14.2 Å². The van der Waals surface area contributed by atoms with Gasteiger partial charge in [-0.25, -0.2) is 0 Å². The fourth-order valence-corrected chi connectivity index (χ4v) is 3.77.